The Hall–Kier alpha value is -3.69. The van der Waals surface area contributed by atoms with Crippen LogP contribution in [0.15, 0.2) is 12.3 Å². The maximum atomic E-state index is 13.8. The van der Waals surface area contributed by atoms with E-state index in [4.69, 9.17) is 19.7 Å². The second-order valence-corrected chi connectivity index (χ2v) is 11.2. The maximum absolute atomic E-state index is 13.8. The predicted octanol–water partition coefficient (Wildman–Crippen LogP) is 0.688. The molecule has 1 unspecified atom stereocenters. The van der Waals surface area contributed by atoms with Crippen molar-refractivity contribution >= 4 is 70.9 Å². The molecular weight excluding hydrogens is 541 g/mol. The number of methoxy groups -OCH3 is 1. The second kappa shape index (κ2) is 10.9. The van der Waals surface area contributed by atoms with Gasteiger partial charge in [-0.05, 0) is 42.5 Å². The van der Waals surface area contributed by atoms with Crippen molar-refractivity contribution < 1.29 is 19.4 Å². The van der Waals surface area contributed by atoms with Gasteiger partial charge in [0.25, 0.3) is 0 Å². The van der Waals surface area contributed by atoms with E-state index in [0.29, 0.717) is 50.1 Å². The molecule has 5 heterocycles. The molecule has 9 heteroatoms. The number of nitrogens with zero attached hydrogens (tertiary/aromatic N) is 3. The van der Waals surface area contributed by atoms with Crippen LogP contribution in [0.5, 0.6) is 0 Å². The number of esters is 1. The monoisotopic (exact) mass is 573 g/mol. The summed E-state index contributed by atoms with van der Waals surface area (Å²) in [6.45, 7) is 14.2. The van der Waals surface area contributed by atoms with Crippen LogP contribution >= 0.6 is 0 Å². The minimum Gasteiger partial charge on any atom is -0.657 e. The summed E-state index contributed by atoms with van der Waals surface area (Å²) in [4.78, 5) is 41.7. The number of aliphatic hydroxyl groups excluding tert-OH is 1. The summed E-state index contributed by atoms with van der Waals surface area (Å²) < 4.78 is 5.12. The Morgan fingerprint density at radius 3 is 2.43 bits per heavy atom. The van der Waals surface area contributed by atoms with E-state index in [0.717, 1.165) is 40.0 Å². The molecular formula is C33H33MgN4O4-. The number of carbonyl (C=O) groups excluding carboxylic acids is 2. The van der Waals surface area contributed by atoms with Crippen LogP contribution in [0, 0.1) is 31.6 Å². The van der Waals surface area contributed by atoms with Gasteiger partial charge in [0, 0.05) is 17.2 Å². The summed E-state index contributed by atoms with van der Waals surface area (Å²) in [7, 11) is 1.31. The summed E-state index contributed by atoms with van der Waals surface area (Å²) in [6, 6.07) is -0.300. The molecule has 0 amide bonds. The van der Waals surface area contributed by atoms with Crippen LogP contribution in [0.1, 0.15) is 70.5 Å². The van der Waals surface area contributed by atoms with Gasteiger partial charge in [-0.15, -0.1) is 33.1 Å². The summed E-state index contributed by atoms with van der Waals surface area (Å²) in [5.41, 5.74) is 7.70. The molecule has 1 fully saturated rings. The fourth-order valence-corrected chi connectivity index (χ4v) is 6.68. The Bertz CT molecular complexity index is 1940. The van der Waals surface area contributed by atoms with E-state index in [2.05, 4.69) is 25.7 Å². The summed E-state index contributed by atoms with van der Waals surface area (Å²) in [5, 5.41) is 16.3. The van der Waals surface area contributed by atoms with Crippen molar-refractivity contribution in [2.24, 2.45) is 17.8 Å². The number of rotatable bonds is 3. The third kappa shape index (κ3) is 4.16. The van der Waals surface area contributed by atoms with Gasteiger partial charge >= 0.3 is 29.0 Å². The first-order chi connectivity index (χ1) is 19.6. The zero-order valence-corrected chi connectivity index (χ0v) is 26.2. The molecule has 3 aromatic rings. The molecule has 8 nitrogen and oxygen atoms in total. The quantitative estimate of drug-likeness (QED) is 0.267. The summed E-state index contributed by atoms with van der Waals surface area (Å²) in [5.74, 6) is -1.75. The van der Waals surface area contributed by atoms with E-state index < -0.39 is 11.9 Å². The minimum absolute atomic E-state index is 0. The van der Waals surface area contributed by atoms with Crippen molar-refractivity contribution in [3.63, 3.8) is 0 Å². The van der Waals surface area contributed by atoms with Gasteiger partial charge in [-0.1, -0.05) is 68.3 Å². The number of nitrogens with one attached hydrogen (secondary N) is 1. The van der Waals surface area contributed by atoms with Gasteiger partial charge < -0.3 is 30.1 Å². The van der Waals surface area contributed by atoms with Crippen molar-refractivity contribution in [1.29, 1.82) is 0 Å². The zero-order valence-electron chi connectivity index (χ0n) is 24.8. The number of ketones is 1. The molecule has 0 saturated carbocycles. The van der Waals surface area contributed by atoms with Crippen molar-refractivity contribution in [1.82, 2.24) is 20.3 Å². The average Bonchev–Trinajstić information content (AvgIpc) is 3.70. The maximum Gasteiger partial charge on any atom is 2.00 e. The van der Waals surface area contributed by atoms with Gasteiger partial charge in [-0.2, -0.15) is 0 Å². The van der Waals surface area contributed by atoms with E-state index in [1.54, 1.807) is 6.08 Å². The Balaban J connectivity index is 0.00000353. The molecule has 4 atom stereocenters. The largest absolute Gasteiger partial charge is 2.00 e. The standard InChI is InChI=1S/C33H33N4O4.Mg/c1-8-18-16(5)22-10-21-14(3)15(4)30(36-21)28-29(33(40)41-7)32(39)27-17(6)23(37-31(27)28)11-25-19(9-2)20(13-38)26(35-25)12-24(18)34-22;/h8,10-15,29-30,36H,1,9H2,2-7H3,(H,38,39);/q-3;+2/b21-10-,26-12-;/t14-,15-,29+,30?;/m0./s1. The van der Waals surface area contributed by atoms with E-state index in [1.807, 2.05) is 39.0 Å². The number of aromatic nitrogens is 3. The molecule has 0 radical (unpaired) electrons. The normalized spacial score (nSPS) is 25.5. The van der Waals surface area contributed by atoms with Crippen molar-refractivity contribution in [2.75, 3.05) is 7.11 Å². The number of Topliss-reactive ketones (excluding diaryl/α,β-unsaturated/α-hetero) is 1. The van der Waals surface area contributed by atoms with Gasteiger partial charge in [0.05, 0.1) is 19.4 Å². The van der Waals surface area contributed by atoms with E-state index in [-0.39, 0.29) is 46.7 Å². The van der Waals surface area contributed by atoms with Crippen LogP contribution in [-0.2, 0) is 16.0 Å². The Labute approximate surface area is 260 Å². The molecule has 212 valence electrons. The number of allylic oxidation sites excluding steroid dienone is 1. The molecule has 2 aliphatic heterocycles. The molecule has 0 spiro atoms. The molecule has 2 N–H and O–H groups in total. The number of hydrogen-bond acceptors (Lipinski definition) is 5. The van der Waals surface area contributed by atoms with Gasteiger partial charge in [0.2, 0.25) is 0 Å². The number of fused-ring (bicyclic) bond motifs is 8. The van der Waals surface area contributed by atoms with Gasteiger partial charge in [-0.25, -0.2) is 0 Å². The SMILES string of the molecule is C=Cc1c2[n-]c(c1C)/C=C1\NC(C3=c4[n-]/c(c(C)c4C(=O)[C@@H]3C(=O)OC)=C\c3[n-]c(/c(=C/O)c3CC)=C\2)[C@@H](C)[C@@H]1C.[Mg+2]. The summed E-state index contributed by atoms with van der Waals surface area (Å²) in [6.07, 6.45) is 9.30. The fraction of sp³-hybridized carbons (Fsp3) is 0.333. The van der Waals surface area contributed by atoms with Gasteiger partial charge in [-0.3, -0.25) is 9.59 Å². The molecule has 3 aromatic heterocycles. The Morgan fingerprint density at radius 1 is 1.07 bits per heavy atom. The van der Waals surface area contributed by atoms with Crippen molar-refractivity contribution in [3.8, 4) is 0 Å². The Morgan fingerprint density at radius 2 is 1.79 bits per heavy atom. The number of aliphatic hydroxyl groups is 1. The molecule has 3 aliphatic rings. The minimum atomic E-state index is -1.05. The van der Waals surface area contributed by atoms with Gasteiger partial charge in [0.15, 0.2) is 5.78 Å². The zero-order chi connectivity index (χ0) is 29.3. The van der Waals surface area contributed by atoms with Crippen molar-refractivity contribution in [2.45, 2.75) is 47.1 Å². The third-order valence-electron chi connectivity index (χ3n) is 9.20. The molecule has 1 aliphatic carbocycles. The molecule has 0 aromatic carbocycles. The van der Waals surface area contributed by atoms with Crippen LogP contribution in [0.2, 0.25) is 0 Å². The van der Waals surface area contributed by atoms with Crippen LogP contribution in [0.4, 0.5) is 0 Å². The Kier molecular flexibility index (Phi) is 7.70. The van der Waals surface area contributed by atoms with E-state index >= 15 is 0 Å². The smallest absolute Gasteiger partial charge is 0.657 e. The number of carbonyl (C=O) groups is 2. The van der Waals surface area contributed by atoms with Crippen LogP contribution in [0.3, 0.4) is 0 Å². The first-order valence-corrected chi connectivity index (χ1v) is 14.0. The fourth-order valence-electron chi connectivity index (χ4n) is 6.68. The van der Waals surface area contributed by atoms with Gasteiger partial charge in [0.1, 0.15) is 5.92 Å². The summed E-state index contributed by atoms with van der Waals surface area (Å²) >= 11 is 0. The molecule has 6 rings (SSSR count). The van der Waals surface area contributed by atoms with Crippen LogP contribution in [-0.4, -0.2) is 53.1 Å². The predicted molar refractivity (Wildman–Crippen MR) is 163 cm³/mol. The third-order valence-corrected chi connectivity index (χ3v) is 9.20. The van der Waals surface area contributed by atoms with Crippen molar-refractivity contribution in [3.05, 3.63) is 78.4 Å². The number of hydrogen-bond donors (Lipinski definition) is 2. The first kappa shape index (κ1) is 29.8. The molecule has 1 saturated heterocycles. The molecule has 42 heavy (non-hydrogen) atoms. The average molecular weight is 574 g/mol. The molecule has 8 bridgehead atoms. The first-order valence-electron chi connectivity index (χ1n) is 14.0. The van der Waals surface area contributed by atoms with Crippen LogP contribution in [0.25, 0.3) is 36.1 Å². The number of ether oxygens (including phenoxy) is 1. The van der Waals surface area contributed by atoms with Crippen LogP contribution < -0.4 is 41.5 Å². The second-order valence-electron chi connectivity index (χ2n) is 11.2. The van der Waals surface area contributed by atoms with E-state index in [9.17, 15) is 14.7 Å². The topological polar surface area (TPSA) is 118 Å². The van der Waals surface area contributed by atoms with E-state index in [1.165, 1.54) is 7.11 Å².